The second-order valence-electron chi connectivity index (χ2n) is 5.87. The maximum Gasteiger partial charge on any atom is 0.271 e. The highest BCUT2D eigenvalue weighted by atomic mass is 16.6. The monoisotopic (exact) mass is 325 g/mol. The number of carbonyl (C=O) groups excluding carboxylic acids is 1. The predicted octanol–water partition coefficient (Wildman–Crippen LogP) is 3.20. The molecule has 0 radical (unpaired) electrons. The summed E-state index contributed by atoms with van der Waals surface area (Å²) < 4.78 is 0. The lowest BCUT2D eigenvalue weighted by atomic mass is 9.88. The van der Waals surface area contributed by atoms with E-state index >= 15 is 0 Å². The zero-order chi connectivity index (χ0) is 16.9. The molecule has 6 nitrogen and oxygen atoms in total. The third-order valence-electron chi connectivity index (χ3n) is 4.21. The molecule has 2 aromatic carbocycles. The molecule has 0 saturated heterocycles. The van der Waals surface area contributed by atoms with Gasteiger partial charge >= 0.3 is 0 Å². The summed E-state index contributed by atoms with van der Waals surface area (Å²) in [6.07, 6.45) is 3.04. The molecular weight excluding hydrogens is 306 g/mol. The highest BCUT2D eigenvalue weighted by Gasteiger charge is 2.21. The lowest BCUT2D eigenvalue weighted by molar-refractivity contribution is -0.384. The van der Waals surface area contributed by atoms with Crippen molar-refractivity contribution in [2.45, 2.75) is 25.3 Å². The van der Waals surface area contributed by atoms with Crippen LogP contribution in [0.4, 0.5) is 11.4 Å². The molecule has 1 atom stereocenters. The van der Waals surface area contributed by atoms with Crippen molar-refractivity contribution in [1.82, 2.24) is 5.32 Å². The standard InChI is InChI=1S/C18H19N3O3/c22-18(12-19-14-7-4-8-15(11-14)21(23)24)20-17-10-3-6-13-5-1-2-9-16(13)17/h1-2,4-5,7-9,11,17,19H,3,6,10,12H2,(H,20,22). The zero-order valence-corrected chi connectivity index (χ0v) is 13.2. The first kappa shape index (κ1) is 16.0. The smallest absolute Gasteiger partial charge is 0.271 e. The maximum atomic E-state index is 12.2. The predicted molar refractivity (Wildman–Crippen MR) is 91.8 cm³/mol. The first-order valence-electron chi connectivity index (χ1n) is 7.99. The molecule has 24 heavy (non-hydrogen) atoms. The Labute approximate surface area is 140 Å². The van der Waals surface area contributed by atoms with E-state index in [1.807, 2.05) is 12.1 Å². The van der Waals surface area contributed by atoms with Crippen LogP contribution in [0.5, 0.6) is 0 Å². The minimum absolute atomic E-state index is 0.00150. The zero-order valence-electron chi connectivity index (χ0n) is 13.2. The van der Waals surface area contributed by atoms with Gasteiger partial charge in [-0.1, -0.05) is 30.3 Å². The highest BCUT2D eigenvalue weighted by molar-refractivity contribution is 5.81. The summed E-state index contributed by atoms with van der Waals surface area (Å²) in [5.41, 5.74) is 3.04. The maximum absolute atomic E-state index is 12.2. The van der Waals surface area contributed by atoms with E-state index in [2.05, 4.69) is 22.8 Å². The van der Waals surface area contributed by atoms with Gasteiger partial charge in [-0.25, -0.2) is 0 Å². The number of benzene rings is 2. The molecule has 6 heteroatoms. The van der Waals surface area contributed by atoms with Crippen molar-refractivity contribution in [2.75, 3.05) is 11.9 Å². The van der Waals surface area contributed by atoms with Crippen LogP contribution in [-0.4, -0.2) is 17.4 Å². The van der Waals surface area contributed by atoms with E-state index in [0.717, 1.165) is 19.3 Å². The molecule has 0 heterocycles. The Bertz CT molecular complexity index is 761. The van der Waals surface area contributed by atoms with Gasteiger partial charge in [0.05, 0.1) is 17.5 Å². The largest absolute Gasteiger partial charge is 0.376 e. The van der Waals surface area contributed by atoms with Crippen LogP contribution in [-0.2, 0) is 11.2 Å². The number of rotatable bonds is 5. The molecule has 0 aliphatic heterocycles. The Morgan fingerprint density at radius 3 is 2.88 bits per heavy atom. The number of nitro benzene ring substituents is 1. The fourth-order valence-corrected chi connectivity index (χ4v) is 3.06. The van der Waals surface area contributed by atoms with Crippen molar-refractivity contribution in [3.05, 3.63) is 69.8 Å². The third kappa shape index (κ3) is 3.71. The summed E-state index contributed by atoms with van der Waals surface area (Å²) in [4.78, 5) is 22.5. The Morgan fingerprint density at radius 2 is 2.04 bits per heavy atom. The summed E-state index contributed by atoms with van der Waals surface area (Å²) in [7, 11) is 0. The van der Waals surface area contributed by atoms with Crippen molar-refractivity contribution < 1.29 is 9.72 Å². The second kappa shape index (κ2) is 7.12. The van der Waals surface area contributed by atoms with Gasteiger partial charge in [0, 0.05) is 17.8 Å². The Kier molecular flexibility index (Phi) is 4.74. The van der Waals surface area contributed by atoms with Gasteiger partial charge in [0.15, 0.2) is 0 Å². The van der Waals surface area contributed by atoms with Crippen molar-refractivity contribution in [3.63, 3.8) is 0 Å². The van der Waals surface area contributed by atoms with Crippen molar-refractivity contribution in [3.8, 4) is 0 Å². The van der Waals surface area contributed by atoms with Crippen LogP contribution in [0, 0.1) is 10.1 Å². The molecule has 0 aromatic heterocycles. The van der Waals surface area contributed by atoms with E-state index in [1.165, 1.54) is 23.3 Å². The SMILES string of the molecule is O=C(CNc1cccc([N+](=O)[O-])c1)NC1CCCc2ccccc21. The van der Waals surface area contributed by atoms with E-state index in [4.69, 9.17) is 0 Å². The molecule has 0 spiro atoms. The number of nitrogens with zero attached hydrogens (tertiary/aromatic N) is 1. The molecule has 1 amide bonds. The van der Waals surface area contributed by atoms with E-state index in [0.29, 0.717) is 5.69 Å². The number of amides is 1. The quantitative estimate of drug-likeness (QED) is 0.653. The molecule has 3 rings (SSSR count). The number of fused-ring (bicyclic) bond motifs is 1. The van der Waals surface area contributed by atoms with E-state index < -0.39 is 4.92 Å². The summed E-state index contributed by atoms with van der Waals surface area (Å²) in [6.45, 7) is 0.0832. The van der Waals surface area contributed by atoms with Crippen LogP contribution in [0.2, 0.25) is 0 Å². The first-order valence-corrected chi connectivity index (χ1v) is 7.99. The molecule has 0 bridgehead atoms. The second-order valence-corrected chi connectivity index (χ2v) is 5.87. The number of hydrogen-bond acceptors (Lipinski definition) is 4. The topological polar surface area (TPSA) is 84.3 Å². The Hall–Kier alpha value is -2.89. The van der Waals surface area contributed by atoms with Crippen LogP contribution in [0.15, 0.2) is 48.5 Å². The normalized spacial score (nSPS) is 16.1. The number of nitrogens with one attached hydrogen (secondary N) is 2. The van der Waals surface area contributed by atoms with Gasteiger partial charge in [-0.2, -0.15) is 0 Å². The van der Waals surface area contributed by atoms with Gasteiger partial charge in [-0.3, -0.25) is 14.9 Å². The van der Waals surface area contributed by atoms with Crippen molar-refractivity contribution >= 4 is 17.3 Å². The minimum atomic E-state index is -0.454. The molecule has 124 valence electrons. The molecule has 2 aromatic rings. The molecule has 1 aliphatic carbocycles. The van der Waals surface area contributed by atoms with Gasteiger partial charge in [-0.05, 0) is 36.5 Å². The molecular formula is C18H19N3O3. The highest BCUT2D eigenvalue weighted by Crippen LogP contribution is 2.29. The molecule has 2 N–H and O–H groups in total. The van der Waals surface area contributed by atoms with Gasteiger partial charge < -0.3 is 10.6 Å². The summed E-state index contributed by atoms with van der Waals surface area (Å²) in [5, 5.41) is 16.8. The minimum Gasteiger partial charge on any atom is -0.376 e. The molecule has 0 saturated carbocycles. The third-order valence-corrected chi connectivity index (χ3v) is 4.21. The average molecular weight is 325 g/mol. The Morgan fingerprint density at radius 1 is 1.21 bits per heavy atom. The number of non-ortho nitro benzene ring substituents is 1. The molecule has 1 aliphatic rings. The van der Waals surface area contributed by atoms with Crippen LogP contribution >= 0.6 is 0 Å². The summed E-state index contributed by atoms with van der Waals surface area (Å²) >= 11 is 0. The number of carbonyl (C=O) groups is 1. The fraction of sp³-hybridized carbons (Fsp3) is 0.278. The van der Waals surface area contributed by atoms with E-state index in [9.17, 15) is 14.9 Å². The first-order chi connectivity index (χ1) is 11.6. The number of aryl methyl sites for hydroxylation is 1. The van der Waals surface area contributed by atoms with Gasteiger partial charge in [-0.15, -0.1) is 0 Å². The molecule has 1 unspecified atom stereocenters. The van der Waals surface area contributed by atoms with Gasteiger partial charge in [0.1, 0.15) is 0 Å². The van der Waals surface area contributed by atoms with Crippen LogP contribution in [0.3, 0.4) is 0 Å². The van der Waals surface area contributed by atoms with Crippen LogP contribution < -0.4 is 10.6 Å². The van der Waals surface area contributed by atoms with Gasteiger partial charge in [0.25, 0.3) is 5.69 Å². The fourth-order valence-electron chi connectivity index (χ4n) is 3.06. The van der Waals surface area contributed by atoms with Gasteiger partial charge in [0.2, 0.25) is 5.91 Å². The van der Waals surface area contributed by atoms with Crippen molar-refractivity contribution in [2.24, 2.45) is 0 Å². The Balaban J connectivity index is 1.59. The average Bonchev–Trinajstić information content (AvgIpc) is 2.60. The number of nitro groups is 1. The van der Waals surface area contributed by atoms with Crippen molar-refractivity contribution in [1.29, 1.82) is 0 Å². The van der Waals surface area contributed by atoms with E-state index in [1.54, 1.807) is 12.1 Å². The molecule has 0 fully saturated rings. The van der Waals surface area contributed by atoms with E-state index in [-0.39, 0.29) is 24.2 Å². The number of hydrogen-bond donors (Lipinski definition) is 2. The lowest BCUT2D eigenvalue weighted by Crippen LogP contribution is -2.35. The van der Waals surface area contributed by atoms with Crippen LogP contribution in [0.1, 0.15) is 30.0 Å². The lowest BCUT2D eigenvalue weighted by Gasteiger charge is -2.26. The summed E-state index contributed by atoms with van der Waals surface area (Å²) in [6, 6.07) is 14.4. The summed E-state index contributed by atoms with van der Waals surface area (Å²) in [5.74, 6) is -0.122. The number of anilines is 1. The van der Waals surface area contributed by atoms with Crippen LogP contribution in [0.25, 0.3) is 0 Å².